The van der Waals surface area contributed by atoms with Gasteiger partial charge in [0.25, 0.3) is 5.91 Å². The van der Waals surface area contributed by atoms with E-state index in [-0.39, 0.29) is 23.5 Å². The Kier molecular flexibility index (Phi) is 7.92. The van der Waals surface area contributed by atoms with Gasteiger partial charge in [0.15, 0.2) is 17.1 Å². The van der Waals surface area contributed by atoms with Crippen LogP contribution in [0.1, 0.15) is 34.5 Å². The molecule has 0 aliphatic carbocycles. The van der Waals surface area contributed by atoms with Crippen molar-refractivity contribution in [1.82, 2.24) is 5.32 Å². The Morgan fingerprint density at radius 3 is 1.85 bits per heavy atom. The molecule has 41 heavy (non-hydrogen) atoms. The second-order valence-electron chi connectivity index (χ2n) is 10.6. The molecule has 3 fully saturated rings. The van der Waals surface area contributed by atoms with Crippen molar-refractivity contribution in [1.29, 1.82) is 0 Å². The number of quaternary nitrogens is 1. The standard InChI is InChI=1S/C28H30N2O4.F6P/c31-26(28(33,22-8-3-1-4-9-22)23-10-5-2-6-11-23)24-20-30(16-13-21(24)14-17-30)18-15-29-27(32)25-12-7-19-34-25;1-7(2,3,4,5)6/h1-12,19,21,24,33H,13-18,20H2;/q;-1/p+1/t21?,24-,30?;/m0./s1. The predicted molar refractivity (Wildman–Crippen MR) is 141 cm³/mol. The van der Waals surface area contributed by atoms with E-state index in [4.69, 9.17) is 4.42 Å². The molecule has 2 aromatic carbocycles. The molecule has 3 aliphatic heterocycles. The number of rotatable bonds is 8. The minimum Gasteiger partial charge on any atom is -0.459 e. The minimum absolute atomic E-state index is 0.114. The molecule has 0 saturated carbocycles. The topological polar surface area (TPSA) is 79.5 Å². The molecule has 224 valence electrons. The molecule has 3 aromatic rings. The molecular formula is C28H31F6N2O4P. The van der Waals surface area contributed by atoms with Crippen LogP contribution < -0.4 is 5.32 Å². The molecule has 1 amide bonds. The Balaban J connectivity index is 0.000000493. The SMILES string of the molecule is F[P-](F)(F)(F)(F)F.O=C(NCC[N+]12CCC(CC1)[C@@H](C(=O)C(O)(c1ccccc1)c1ccccc1)C2)c1ccco1. The molecule has 6 nitrogen and oxygen atoms in total. The van der Waals surface area contributed by atoms with Gasteiger partial charge in [-0.05, 0) is 29.2 Å². The van der Waals surface area contributed by atoms with Crippen LogP contribution in [0.5, 0.6) is 0 Å². The first-order chi connectivity index (χ1) is 19.0. The van der Waals surface area contributed by atoms with Crippen LogP contribution in [-0.2, 0) is 10.4 Å². The molecule has 1 atom stereocenters. The van der Waals surface area contributed by atoms with Gasteiger partial charge in [0.2, 0.25) is 0 Å². The Bertz CT molecular complexity index is 1290. The van der Waals surface area contributed by atoms with Gasteiger partial charge in [-0.15, -0.1) is 0 Å². The van der Waals surface area contributed by atoms with Gasteiger partial charge in [-0.25, -0.2) is 0 Å². The number of piperidine rings is 3. The van der Waals surface area contributed by atoms with Gasteiger partial charge in [-0.2, -0.15) is 0 Å². The molecular weight excluding hydrogens is 573 g/mol. The van der Waals surface area contributed by atoms with Gasteiger partial charge in [-0.1, -0.05) is 60.7 Å². The molecule has 2 bridgehead atoms. The smallest absolute Gasteiger partial charge is 0.287 e. The van der Waals surface area contributed by atoms with Crippen molar-refractivity contribution in [2.45, 2.75) is 18.4 Å². The van der Waals surface area contributed by atoms with Crippen molar-refractivity contribution < 1.29 is 48.8 Å². The number of carbonyl (C=O) groups excluding carboxylic acids is 2. The summed E-state index contributed by atoms with van der Waals surface area (Å²) in [5.41, 5.74) is -0.455. The van der Waals surface area contributed by atoms with Crippen molar-refractivity contribution in [3.8, 4) is 0 Å². The van der Waals surface area contributed by atoms with Crippen LogP contribution in [0.4, 0.5) is 25.2 Å². The molecule has 2 N–H and O–H groups in total. The molecule has 3 saturated heterocycles. The third-order valence-corrected chi connectivity index (χ3v) is 7.79. The van der Waals surface area contributed by atoms with Crippen molar-refractivity contribution in [2.75, 3.05) is 32.7 Å². The van der Waals surface area contributed by atoms with Crippen molar-refractivity contribution >= 4 is 19.5 Å². The molecule has 1 aromatic heterocycles. The molecule has 0 unspecified atom stereocenters. The fourth-order valence-corrected chi connectivity index (χ4v) is 5.88. The zero-order valence-corrected chi connectivity index (χ0v) is 22.8. The summed E-state index contributed by atoms with van der Waals surface area (Å²) in [5, 5.41) is 15.0. The number of aliphatic hydroxyl groups is 1. The number of furan rings is 1. The summed E-state index contributed by atoms with van der Waals surface area (Å²) in [7, 11) is -10.7. The predicted octanol–water partition coefficient (Wildman–Crippen LogP) is 6.75. The zero-order valence-electron chi connectivity index (χ0n) is 21.9. The van der Waals surface area contributed by atoms with Gasteiger partial charge in [0.05, 0.1) is 44.9 Å². The summed E-state index contributed by atoms with van der Waals surface area (Å²) in [6.45, 7) is 3.98. The summed E-state index contributed by atoms with van der Waals surface area (Å²) in [6.07, 6.45) is 3.41. The summed E-state index contributed by atoms with van der Waals surface area (Å²) in [6, 6.07) is 21.9. The van der Waals surface area contributed by atoms with Crippen LogP contribution in [-0.4, -0.2) is 54.0 Å². The molecule has 6 rings (SSSR count). The Morgan fingerprint density at radius 2 is 1.39 bits per heavy atom. The zero-order chi connectivity index (χ0) is 30.0. The van der Waals surface area contributed by atoms with E-state index in [1.54, 1.807) is 12.1 Å². The van der Waals surface area contributed by atoms with Crippen LogP contribution in [0.15, 0.2) is 83.5 Å². The van der Waals surface area contributed by atoms with Gasteiger partial charge < -0.3 is 19.3 Å². The number of nitrogens with zero attached hydrogens (tertiary/aromatic N) is 1. The Hall–Kier alpha value is -3.21. The second-order valence-corrected chi connectivity index (χ2v) is 12.6. The number of hydrogen-bond donors (Lipinski definition) is 2. The second kappa shape index (κ2) is 10.6. The number of nitrogens with one attached hydrogen (secondary N) is 1. The van der Waals surface area contributed by atoms with Gasteiger partial charge in [-0.3, -0.25) is 9.59 Å². The largest absolute Gasteiger partial charge is 0.459 e. The first-order valence-corrected chi connectivity index (χ1v) is 15.1. The fourth-order valence-electron chi connectivity index (χ4n) is 5.88. The average Bonchev–Trinajstić information content (AvgIpc) is 3.47. The summed E-state index contributed by atoms with van der Waals surface area (Å²) >= 11 is 0. The van der Waals surface area contributed by atoms with Crippen LogP contribution in [0.3, 0.4) is 0 Å². The van der Waals surface area contributed by atoms with E-state index < -0.39 is 13.4 Å². The van der Waals surface area contributed by atoms with E-state index >= 15 is 0 Å². The maximum absolute atomic E-state index is 14.1. The van der Waals surface area contributed by atoms with E-state index in [9.17, 15) is 39.9 Å². The van der Waals surface area contributed by atoms with E-state index in [2.05, 4.69) is 5.32 Å². The first kappa shape index (κ1) is 30.7. The van der Waals surface area contributed by atoms with Crippen molar-refractivity contribution in [2.24, 2.45) is 11.8 Å². The van der Waals surface area contributed by atoms with Crippen LogP contribution >= 0.6 is 7.81 Å². The third-order valence-electron chi connectivity index (χ3n) is 7.79. The molecule has 4 heterocycles. The van der Waals surface area contributed by atoms with E-state index in [0.29, 0.717) is 30.0 Å². The Labute approximate surface area is 232 Å². The van der Waals surface area contributed by atoms with Crippen molar-refractivity contribution in [3.05, 3.63) is 95.9 Å². The average molecular weight is 605 g/mol. The number of hydrogen-bond acceptors (Lipinski definition) is 4. The number of Topliss-reactive ketones (excluding diaryl/α,β-unsaturated/α-hetero) is 1. The first-order valence-electron chi connectivity index (χ1n) is 13.1. The summed E-state index contributed by atoms with van der Waals surface area (Å²) in [4.78, 5) is 26.4. The number of halogens is 6. The van der Waals surface area contributed by atoms with Gasteiger partial charge >= 0.3 is 33.0 Å². The van der Waals surface area contributed by atoms with Crippen LogP contribution in [0.25, 0.3) is 0 Å². The number of carbonyl (C=O) groups is 2. The number of ketones is 1. The monoisotopic (exact) mass is 604 g/mol. The molecule has 13 heteroatoms. The van der Waals surface area contributed by atoms with Crippen molar-refractivity contribution in [3.63, 3.8) is 0 Å². The molecule has 0 spiro atoms. The van der Waals surface area contributed by atoms with E-state index in [1.807, 2.05) is 60.7 Å². The minimum atomic E-state index is -10.7. The summed E-state index contributed by atoms with van der Waals surface area (Å²) in [5.74, 6) is 0.0284. The van der Waals surface area contributed by atoms with E-state index in [1.165, 1.54) is 6.26 Å². The van der Waals surface area contributed by atoms with Crippen LogP contribution in [0.2, 0.25) is 0 Å². The number of fused-ring (bicyclic) bond motifs is 3. The number of benzene rings is 2. The van der Waals surface area contributed by atoms with E-state index in [0.717, 1.165) is 37.0 Å². The maximum Gasteiger partial charge on any atom is 0.287 e. The number of amides is 1. The van der Waals surface area contributed by atoms with Crippen LogP contribution in [0, 0.1) is 11.8 Å². The third kappa shape index (κ3) is 8.18. The maximum atomic E-state index is 14.1. The molecule has 0 radical (unpaired) electrons. The van der Waals surface area contributed by atoms with Gasteiger partial charge in [0, 0.05) is 12.8 Å². The Morgan fingerprint density at radius 1 is 0.878 bits per heavy atom. The normalized spacial score (nSPS) is 23.9. The fraction of sp³-hybridized carbons (Fsp3) is 0.357. The quantitative estimate of drug-likeness (QED) is 0.169. The molecule has 3 aliphatic rings. The van der Waals surface area contributed by atoms with Gasteiger partial charge in [0.1, 0.15) is 0 Å². The summed E-state index contributed by atoms with van der Waals surface area (Å²) < 4.78 is 65.2.